The molecule has 0 spiro atoms. The van der Waals surface area contributed by atoms with Gasteiger partial charge in [-0.2, -0.15) is 0 Å². The zero-order valence-electron chi connectivity index (χ0n) is 8.04. The van der Waals surface area contributed by atoms with Crippen LogP contribution < -0.4 is 0 Å². The van der Waals surface area contributed by atoms with E-state index in [1.165, 1.54) is 0 Å². The van der Waals surface area contributed by atoms with Crippen LogP contribution in [0, 0.1) is 5.92 Å². The Bertz CT molecular complexity index is 143. The molecule has 0 aliphatic heterocycles. The molecular weight excluding hydrogens is 156 g/mol. The highest BCUT2D eigenvalue weighted by Gasteiger charge is 2.42. The molecule has 1 saturated carbocycles. The summed E-state index contributed by atoms with van der Waals surface area (Å²) >= 11 is 0. The van der Waals surface area contributed by atoms with Crippen LogP contribution in [0.15, 0.2) is 0 Å². The molecule has 2 atom stereocenters. The fourth-order valence-corrected chi connectivity index (χ4v) is 1.85. The third-order valence-electron chi connectivity index (χ3n) is 2.81. The number of ether oxygens (including phenoxy) is 2. The minimum Gasteiger partial charge on any atom is -0.387 e. The molecule has 3 heteroatoms. The molecule has 1 N–H and O–H groups in total. The summed E-state index contributed by atoms with van der Waals surface area (Å²) in [5.41, 5.74) is 0. The van der Waals surface area contributed by atoms with Gasteiger partial charge in [0.15, 0.2) is 5.79 Å². The van der Waals surface area contributed by atoms with Crippen molar-refractivity contribution in [3.63, 3.8) is 0 Å². The highest BCUT2D eigenvalue weighted by atomic mass is 16.7. The van der Waals surface area contributed by atoms with Crippen LogP contribution in [0.5, 0.6) is 0 Å². The lowest BCUT2D eigenvalue weighted by Crippen LogP contribution is -2.49. The first-order valence-electron chi connectivity index (χ1n) is 4.43. The fraction of sp³-hybridized carbons (Fsp3) is 1.00. The van der Waals surface area contributed by atoms with Crippen LogP contribution in [0.1, 0.15) is 26.2 Å². The maximum atomic E-state index is 9.74. The standard InChI is InChI=1S/C9H18O3/c1-7-4-5-9(11-2,12-3)8(10)6-7/h7-8,10H,4-6H2,1-3H3/t7-,8-/m0/s1. The van der Waals surface area contributed by atoms with Gasteiger partial charge in [-0.05, 0) is 18.8 Å². The molecule has 72 valence electrons. The Hall–Kier alpha value is -0.120. The molecule has 0 bridgehead atoms. The predicted octanol–water partition coefficient (Wildman–Crippen LogP) is 1.16. The number of rotatable bonds is 2. The summed E-state index contributed by atoms with van der Waals surface area (Å²) < 4.78 is 10.4. The summed E-state index contributed by atoms with van der Waals surface area (Å²) in [6, 6.07) is 0. The molecule has 1 aliphatic rings. The van der Waals surface area contributed by atoms with Gasteiger partial charge < -0.3 is 14.6 Å². The summed E-state index contributed by atoms with van der Waals surface area (Å²) in [7, 11) is 3.17. The number of aliphatic hydroxyl groups is 1. The highest BCUT2D eigenvalue weighted by molar-refractivity contribution is 4.85. The lowest BCUT2D eigenvalue weighted by Gasteiger charge is -2.40. The van der Waals surface area contributed by atoms with Crippen molar-refractivity contribution < 1.29 is 14.6 Å². The Morgan fingerprint density at radius 2 is 1.92 bits per heavy atom. The van der Waals surface area contributed by atoms with Crippen molar-refractivity contribution in [3.05, 3.63) is 0 Å². The van der Waals surface area contributed by atoms with Gasteiger partial charge in [-0.15, -0.1) is 0 Å². The van der Waals surface area contributed by atoms with Gasteiger partial charge >= 0.3 is 0 Å². The molecule has 3 nitrogen and oxygen atoms in total. The summed E-state index contributed by atoms with van der Waals surface area (Å²) in [4.78, 5) is 0. The second kappa shape index (κ2) is 3.73. The summed E-state index contributed by atoms with van der Waals surface area (Å²) in [6.07, 6.45) is 2.11. The fourth-order valence-electron chi connectivity index (χ4n) is 1.85. The number of methoxy groups -OCH3 is 2. The van der Waals surface area contributed by atoms with E-state index >= 15 is 0 Å². The number of aliphatic hydroxyl groups excluding tert-OH is 1. The van der Waals surface area contributed by atoms with Gasteiger partial charge in [-0.3, -0.25) is 0 Å². The second-order valence-electron chi connectivity index (χ2n) is 3.62. The monoisotopic (exact) mass is 174 g/mol. The molecule has 0 saturated heterocycles. The van der Waals surface area contributed by atoms with E-state index in [4.69, 9.17) is 9.47 Å². The summed E-state index contributed by atoms with van der Waals surface area (Å²) in [5, 5.41) is 9.74. The van der Waals surface area contributed by atoms with Gasteiger partial charge in [0.25, 0.3) is 0 Å². The average molecular weight is 174 g/mol. The van der Waals surface area contributed by atoms with Gasteiger partial charge in [0.05, 0.1) is 0 Å². The molecule has 12 heavy (non-hydrogen) atoms. The van der Waals surface area contributed by atoms with Crippen LogP contribution in [0.2, 0.25) is 0 Å². The Balaban J connectivity index is 2.64. The van der Waals surface area contributed by atoms with Crippen molar-refractivity contribution >= 4 is 0 Å². The molecule has 0 unspecified atom stereocenters. The topological polar surface area (TPSA) is 38.7 Å². The normalized spacial score (nSPS) is 35.0. The minimum atomic E-state index is -0.744. The third kappa shape index (κ3) is 1.63. The lowest BCUT2D eigenvalue weighted by molar-refractivity contribution is -0.276. The first-order valence-corrected chi connectivity index (χ1v) is 4.43. The zero-order valence-corrected chi connectivity index (χ0v) is 8.04. The second-order valence-corrected chi connectivity index (χ2v) is 3.62. The van der Waals surface area contributed by atoms with Crippen LogP contribution in [0.4, 0.5) is 0 Å². The van der Waals surface area contributed by atoms with Crippen molar-refractivity contribution in [3.8, 4) is 0 Å². The summed E-state index contributed by atoms with van der Waals surface area (Å²) in [5.74, 6) is -0.176. The van der Waals surface area contributed by atoms with Crippen molar-refractivity contribution in [1.82, 2.24) is 0 Å². The first kappa shape index (κ1) is 9.96. The van der Waals surface area contributed by atoms with Gasteiger partial charge in [-0.25, -0.2) is 0 Å². The van der Waals surface area contributed by atoms with E-state index < -0.39 is 11.9 Å². The molecule has 0 radical (unpaired) electrons. The average Bonchev–Trinajstić information content (AvgIpc) is 2.06. The smallest absolute Gasteiger partial charge is 0.193 e. The van der Waals surface area contributed by atoms with E-state index in [9.17, 15) is 5.11 Å². The molecule has 0 aromatic heterocycles. The molecule has 0 aromatic carbocycles. The quantitative estimate of drug-likeness (QED) is 0.638. The minimum absolute atomic E-state index is 0.490. The third-order valence-corrected chi connectivity index (χ3v) is 2.81. The van der Waals surface area contributed by atoms with Crippen LogP contribution in [-0.4, -0.2) is 31.2 Å². The maximum absolute atomic E-state index is 9.74. The lowest BCUT2D eigenvalue weighted by atomic mass is 9.84. The van der Waals surface area contributed by atoms with Crippen molar-refractivity contribution in [2.75, 3.05) is 14.2 Å². The van der Waals surface area contributed by atoms with Crippen LogP contribution in [-0.2, 0) is 9.47 Å². The van der Waals surface area contributed by atoms with Crippen molar-refractivity contribution in [2.45, 2.75) is 38.1 Å². The van der Waals surface area contributed by atoms with E-state index in [1.807, 2.05) is 0 Å². The molecular formula is C9H18O3. The Morgan fingerprint density at radius 1 is 1.33 bits per heavy atom. The predicted molar refractivity (Wildman–Crippen MR) is 45.8 cm³/mol. The van der Waals surface area contributed by atoms with Gasteiger partial charge in [0, 0.05) is 20.6 Å². The number of hydrogen-bond acceptors (Lipinski definition) is 3. The van der Waals surface area contributed by atoms with Crippen LogP contribution in [0.3, 0.4) is 0 Å². The maximum Gasteiger partial charge on any atom is 0.193 e. The Labute approximate surface area is 73.7 Å². The van der Waals surface area contributed by atoms with E-state index in [1.54, 1.807) is 14.2 Å². The van der Waals surface area contributed by atoms with Crippen molar-refractivity contribution in [1.29, 1.82) is 0 Å². The zero-order chi connectivity index (χ0) is 9.19. The Kier molecular flexibility index (Phi) is 3.09. The molecule has 0 amide bonds. The first-order chi connectivity index (χ1) is 5.64. The SMILES string of the molecule is COC1(OC)CC[C@H](C)C[C@@H]1O. The molecule has 0 heterocycles. The van der Waals surface area contributed by atoms with Gasteiger partial charge in [0.2, 0.25) is 0 Å². The van der Waals surface area contributed by atoms with E-state index in [0.717, 1.165) is 19.3 Å². The van der Waals surface area contributed by atoms with E-state index in [2.05, 4.69) is 6.92 Å². The number of hydrogen-bond donors (Lipinski definition) is 1. The van der Waals surface area contributed by atoms with Crippen molar-refractivity contribution in [2.24, 2.45) is 5.92 Å². The molecule has 0 aromatic rings. The molecule has 1 rings (SSSR count). The summed E-state index contributed by atoms with van der Waals surface area (Å²) in [6.45, 7) is 2.14. The van der Waals surface area contributed by atoms with Gasteiger partial charge in [0.1, 0.15) is 6.10 Å². The largest absolute Gasteiger partial charge is 0.387 e. The van der Waals surface area contributed by atoms with E-state index in [0.29, 0.717) is 5.92 Å². The van der Waals surface area contributed by atoms with Crippen LogP contribution in [0.25, 0.3) is 0 Å². The Morgan fingerprint density at radius 3 is 2.33 bits per heavy atom. The highest BCUT2D eigenvalue weighted by Crippen LogP contribution is 2.34. The van der Waals surface area contributed by atoms with Gasteiger partial charge in [-0.1, -0.05) is 6.92 Å². The van der Waals surface area contributed by atoms with E-state index in [-0.39, 0.29) is 0 Å². The van der Waals surface area contributed by atoms with Crippen LogP contribution >= 0.6 is 0 Å². The molecule has 1 fully saturated rings. The molecule has 1 aliphatic carbocycles.